The van der Waals surface area contributed by atoms with Crippen LogP contribution in [0.25, 0.3) is 10.9 Å². The largest absolute Gasteiger partial charge is 0.499 e. The molecule has 11 nitrogen and oxygen atoms in total. The Morgan fingerprint density at radius 2 is 1.64 bits per heavy atom. The zero-order chi connectivity index (χ0) is 33.0. The third kappa shape index (κ3) is 8.83. The average Bonchev–Trinajstić information content (AvgIpc) is 3.35. The minimum absolute atomic E-state index is 0.00998. The third-order valence-electron chi connectivity index (χ3n) is 7.00. The normalized spacial score (nSPS) is 15.0. The van der Waals surface area contributed by atoms with Crippen LogP contribution in [0.3, 0.4) is 0 Å². The molecule has 0 N–H and O–H groups in total. The first-order valence-corrected chi connectivity index (χ1v) is 17.7. The molecule has 45 heavy (non-hydrogen) atoms. The van der Waals surface area contributed by atoms with E-state index in [4.69, 9.17) is 9.47 Å². The Hall–Kier alpha value is -3.93. The fourth-order valence-corrected chi connectivity index (χ4v) is 5.21. The molecule has 0 radical (unpaired) electrons. The van der Waals surface area contributed by atoms with Crippen LogP contribution >= 0.6 is 0 Å². The van der Waals surface area contributed by atoms with Gasteiger partial charge < -0.3 is 23.8 Å². The molecule has 3 aromatic heterocycles. The first kappa shape index (κ1) is 33.9. The van der Waals surface area contributed by atoms with Crippen LogP contribution in [0.4, 0.5) is 32.3 Å². The number of halogens is 6. The van der Waals surface area contributed by atoms with E-state index in [-0.39, 0.29) is 50.3 Å². The van der Waals surface area contributed by atoms with Gasteiger partial charge in [-0.15, -0.1) is 0 Å². The Morgan fingerprint density at radius 1 is 0.978 bits per heavy atom. The number of fused-ring (bicyclic) bond motifs is 1. The maximum atomic E-state index is 13.8. The maximum Gasteiger partial charge on any atom is 0.419 e. The summed E-state index contributed by atoms with van der Waals surface area (Å²) in [5, 5.41) is 3.48. The summed E-state index contributed by atoms with van der Waals surface area (Å²) in [5.74, 6) is -0.259. The molecule has 0 spiro atoms. The lowest BCUT2D eigenvalue weighted by molar-refractivity contribution is -0.138. The summed E-state index contributed by atoms with van der Waals surface area (Å²) in [4.78, 5) is 36.2. The number of nitrogens with zero attached hydrogens (tertiary/aromatic N) is 7. The number of anilines is 1. The zero-order valence-corrected chi connectivity index (χ0v) is 25.9. The van der Waals surface area contributed by atoms with Crippen LogP contribution in [0, 0.1) is 0 Å². The van der Waals surface area contributed by atoms with Crippen molar-refractivity contribution in [2.24, 2.45) is 0 Å². The topological polar surface area (TPSA) is 108 Å². The standard InChI is InChI=1S/C27H33F6N7O4Si/c1-45(2,3)13-12-44-18-40-24(42)23-20(27(31,32)33)17-39(21(23)16-36-40)9-11-43-10-4-22(41)37-5-7-38(8-6-37)25-34-14-19(15-35-25)26(28,29)30/h4,10,14-17H,5-9,11-13,18H2,1-3H3/b10-4+. The lowest BCUT2D eigenvalue weighted by atomic mass is 10.2. The van der Waals surface area contributed by atoms with E-state index in [0.717, 1.165) is 23.2 Å². The third-order valence-corrected chi connectivity index (χ3v) is 8.70. The van der Waals surface area contributed by atoms with Crippen molar-refractivity contribution < 1.29 is 40.6 Å². The Kier molecular flexibility index (Phi) is 10.3. The number of aromatic nitrogens is 5. The molecular weight excluding hydrogens is 628 g/mol. The van der Waals surface area contributed by atoms with E-state index in [1.807, 2.05) is 0 Å². The highest BCUT2D eigenvalue weighted by molar-refractivity contribution is 6.76. The second-order valence-electron chi connectivity index (χ2n) is 11.5. The fraction of sp³-hybridized carbons (Fsp3) is 0.519. The summed E-state index contributed by atoms with van der Waals surface area (Å²) in [5.41, 5.74) is -2.97. The average molecular weight is 662 g/mol. The van der Waals surface area contributed by atoms with Gasteiger partial charge in [0.2, 0.25) is 11.9 Å². The van der Waals surface area contributed by atoms with Gasteiger partial charge in [-0.25, -0.2) is 14.6 Å². The number of carbonyl (C=O) groups is 1. The molecule has 1 fully saturated rings. The molecule has 0 saturated carbocycles. The zero-order valence-electron chi connectivity index (χ0n) is 24.9. The van der Waals surface area contributed by atoms with Gasteiger partial charge >= 0.3 is 12.4 Å². The Labute approximate surface area is 255 Å². The number of carbonyl (C=O) groups excluding carboxylic acids is 1. The van der Waals surface area contributed by atoms with Crippen molar-refractivity contribution in [1.29, 1.82) is 0 Å². The molecule has 0 aromatic carbocycles. The molecule has 0 unspecified atom stereocenters. The molecule has 1 amide bonds. The molecule has 3 aromatic rings. The molecule has 0 atom stereocenters. The van der Waals surface area contributed by atoms with Gasteiger partial charge in [-0.05, 0) is 6.04 Å². The van der Waals surface area contributed by atoms with E-state index < -0.39 is 42.5 Å². The molecule has 1 aliphatic heterocycles. The van der Waals surface area contributed by atoms with Gasteiger partial charge in [0.1, 0.15) is 13.3 Å². The van der Waals surface area contributed by atoms with E-state index >= 15 is 0 Å². The van der Waals surface area contributed by atoms with Crippen LogP contribution in [0.15, 0.2) is 41.9 Å². The number of rotatable bonds is 11. The van der Waals surface area contributed by atoms with Crippen LogP contribution in [0.5, 0.6) is 0 Å². The number of hydrogen-bond donors (Lipinski definition) is 0. The molecule has 246 valence electrons. The predicted octanol–water partition coefficient (Wildman–Crippen LogP) is 4.22. The number of amides is 1. The van der Waals surface area contributed by atoms with Gasteiger partial charge in [-0.3, -0.25) is 9.59 Å². The van der Waals surface area contributed by atoms with Crippen molar-refractivity contribution >= 4 is 30.8 Å². The van der Waals surface area contributed by atoms with E-state index in [2.05, 4.69) is 34.7 Å². The Balaban J connectivity index is 1.31. The fourth-order valence-electron chi connectivity index (χ4n) is 4.45. The van der Waals surface area contributed by atoms with Gasteiger partial charge in [-0.2, -0.15) is 31.4 Å². The smallest absolute Gasteiger partial charge is 0.419 e. The summed E-state index contributed by atoms with van der Waals surface area (Å²) in [6.45, 7) is 7.52. The van der Waals surface area contributed by atoms with E-state index in [1.165, 1.54) is 21.7 Å². The highest BCUT2D eigenvalue weighted by Crippen LogP contribution is 2.34. The van der Waals surface area contributed by atoms with Crippen LogP contribution in [-0.2, 0) is 39.9 Å². The lowest BCUT2D eigenvalue weighted by Crippen LogP contribution is -2.48. The molecule has 1 saturated heterocycles. The number of ether oxygens (including phenoxy) is 2. The number of hydrogen-bond acceptors (Lipinski definition) is 8. The molecule has 1 aliphatic rings. The summed E-state index contributed by atoms with van der Waals surface area (Å²) >= 11 is 0. The monoisotopic (exact) mass is 661 g/mol. The molecule has 18 heteroatoms. The minimum Gasteiger partial charge on any atom is -0.499 e. The van der Waals surface area contributed by atoms with Crippen molar-refractivity contribution in [3.8, 4) is 0 Å². The predicted molar refractivity (Wildman–Crippen MR) is 154 cm³/mol. The number of alkyl halides is 6. The van der Waals surface area contributed by atoms with Gasteiger partial charge in [0.15, 0.2) is 0 Å². The van der Waals surface area contributed by atoms with Crippen LogP contribution in [0.2, 0.25) is 25.7 Å². The van der Waals surface area contributed by atoms with E-state index in [0.29, 0.717) is 32.1 Å². The minimum atomic E-state index is -4.78. The second kappa shape index (κ2) is 13.6. The number of piperazine rings is 1. The van der Waals surface area contributed by atoms with E-state index in [9.17, 15) is 35.9 Å². The van der Waals surface area contributed by atoms with Gasteiger partial charge in [0.25, 0.3) is 5.56 Å². The van der Waals surface area contributed by atoms with Crippen LogP contribution in [0.1, 0.15) is 11.1 Å². The van der Waals surface area contributed by atoms with Gasteiger partial charge in [-0.1, -0.05) is 19.6 Å². The molecule has 0 aliphatic carbocycles. The van der Waals surface area contributed by atoms with Crippen LogP contribution < -0.4 is 10.5 Å². The summed E-state index contributed by atoms with van der Waals surface area (Å²) in [7, 11) is -1.39. The highest BCUT2D eigenvalue weighted by atomic mass is 28.3. The lowest BCUT2D eigenvalue weighted by Gasteiger charge is -2.34. The molecular formula is C27H33F6N7O4Si. The molecule has 0 bridgehead atoms. The summed E-state index contributed by atoms with van der Waals surface area (Å²) in [6, 6.07) is 0.826. The van der Waals surface area contributed by atoms with Crippen molar-refractivity contribution in [1.82, 2.24) is 29.2 Å². The van der Waals surface area contributed by atoms with E-state index in [1.54, 1.807) is 4.90 Å². The summed E-state index contributed by atoms with van der Waals surface area (Å²) in [6.07, 6.45) is -3.59. The summed E-state index contributed by atoms with van der Waals surface area (Å²) < 4.78 is 92.6. The van der Waals surface area contributed by atoms with Crippen LogP contribution in [-0.4, -0.2) is 82.6 Å². The quantitative estimate of drug-likeness (QED) is 0.0990. The van der Waals surface area contributed by atoms with Gasteiger partial charge in [0.05, 0.1) is 41.0 Å². The van der Waals surface area contributed by atoms with Gasteiger partial charge in [0, 0.05) is 65.5 Å². The Morgan fingerprint density at radius 3 is 2.24 bits per heavy atom. The van der Waals surface area contributed by atoms with Crippen molar-refractivity contribution in [3.05, 3.63) is 58.6 Å². The van der Waals surface area contributed by atoms with Crippen molar-refractivity contribution in [2.45, 2.75) is 51.3 Å². The second-order valence-corrected chi connectivity index (χ2v) is 17.2. The molecule has 4 heterocycles. The Bertz CT molecular complexity index is 1560. The highest BCUT2D eigenvalue weighted by Gasteiger charge is 2.36. The first-order valence-electron chi connectivity index (χ1n) is 14.0. The SMILES string of the molecule is C[Si](C)(C)CCOCn1ncc2c(c(C(F)(F)F)cn2CCO/C=C/C(=O)N2CCN(c3ncc(C(F)(F)F)cn3)CC2)c1=O. The van der Waals surface area contributed by atoms with Crippen molar-refractivity contribution in [2.75, 3.05) is 44.3 Å². The maximum absolute atomic E-state index is 13.8. The first-order chi connectivity index (χ1) is 21.0. The van der Waals surface area contributed by atoms with Crippen molar-refractivity contribution in [3.63, 3.8) is 0 Å². The molecule has 4 rings (SSSR count).